The Labute approximate surface area is 94.7 Å². The summed E-state index contributed by atoms with van der Waals surface area (Å²) in [5.74, 6) is 0.213. The number of fused-ring (bicyclic) bond motifs is 1. The molecule has 0 saturated carbocycles. The minimum atomic E-state index is 0.213. The second kappa shape index (κ2) is 3.41. The number of nitrogens with zero attached hydrogens (tertiary/aromatic N) is 1. The van der Waals surface area contributed by atoms with Crippen LogP contribution in [0.25, 0.3) is 10.9 Å². The molecule has 2 rings (SSSR count). The van der Waals surface area contributed by atoms with Gasteiger partial charge in [0, 0.05) is 5.39 Å². The number of phenols is 1. The third-order valence-electron chi connectivity index (χ3n) is 2.06. The molecule has 0 aliphatic heterocycles. The molecule has 0 amide bonds. The summed E-state index contributed by atoms with van der Waals surface area (Å²) in [4.78, 5) is 4.16. The molecule has 2 aromatic rings. The standard InChI is InChI=1S/C10H7BrClNO/c1-5-4-8(12)13-6-2-3-7(14)10(11)9(5)6/h2-4,14H,1H3. The molecule has 0 atom stereocenters. The van der Waals surface area contributed by atoms with E-state index in [0.717, 1.165) is 16.5 Å². The van der Waals surface area contributed by atoms with E-state index in [2.05, 4.69) is 20.9 Å². The van der Waals surface area contributed by atoms with E-state index in [0.29, 0.717) is 9.63 Å². The fraction of sp³-hybridized carbons (Fsp3) is 0.100. The molecular weight excluding hydrogens is 265 g/mol. The number of benzene rings is 1. The van der Waals surface area contributed by atoms with Gasteiger partial charge in [-0.15, -0.1) is 0 Å². The lowest BCUT2D eigenvalue weighted by Crippen LogP contribution is -1.85. The Kier molecular flexibility index (Phi) is 2.37. The highest BCUT2D eigenvalue weighted by atomic mass is 79.9. The molecule has 0 fully saturated rings. The third-order valence-corrected chi connectivity index (χ3v) is 3.05. The molecule has 0 radical (unpaired) electrons. The van der Waals surface area contributed by atoms with Crippen molar-refractivity contribution in [3.05, 3.63) is 33.4 Å². The summed E-state index contributed by atoms with van der Waals surface area (Å²) >= 11 is 9.15. The van der Waals surface area contributed by atoms with Gasteiger partial charge in [0.15, 0.2) is 0 Å². The number of rotatable bonds is 0. The Morgan fingerprint density at radius 1 is 1.43 bits per heavy atom. The topological polar surface area (TPSA) is 33.1 Å². The van der Waals surface area contributed by atoms with Crippen LogP contribution in [0, 0.1) is 6.92 Å². The number of pyridine rings is 1. The van der Waals surface area contributed by atoms with Crippen molar-refractivity contribution >= 4 is 38.4 Å². The van der Waals surface area contributed by atoms with Gasteiger partial charge in [-0.25, -0.2) is 4.98 Å². The van der Waals surface area contributed by atoms with Crippen LogP contribution in [0.3, 0.4) is 0 Å². The van der Waals surface area contributed by atoms with Gasteiger partial charge in [0.1, 0.15) is 10.9 Å². The highest BCUT2D eigenvalue weighted by Crippen LogP contribution is 2.34. The number of aromatic nitrogens is 1. The Balaban J connectivity index is 2.95. The summed E-state index contributed by atoms with van der Waals surface area (Å²) in [5, 5.41) is 10.9. The smallest absolute Gasteiger partial charge is 0.130 e. The van der Waals surface area contributed by atoms with Crippen LogP contribution in [0.15, 0.2) is 22.7 Å². The molecule has 1 heterocycles. The van der Waals surface area contributed by atoms with E-state index < -0.39 is 0 Å². The van der Waals surface area contributed by atoms with Gasteiger partial charge < -0.3 is 5.11 Å². The van der Waals surface area contributed by atoms with Gasteiger partial charge >= 0.3 is 0 Å². The summed E-state index contributed by atoms with van der Waals surface area (Å²) in [5.41, 5.74) is 1.77. The fourth-order valence-electron chi connectivity index (χ4n) is 1.42. The number of hydrogen-bond donors (Lipinski definition) is 1. The fourth-order valence-corrected chi connectivity index (χ4v) is 2.32. The van der Waals surface area contributed by atoms with Crippen molar-refractivity contribution in [3.63, 3.8) is 0 Å². The third kappa shape index (κ3) is 1.47. The van der Waals surface area contributed by atoms with Gasteiger partial charge in [-0.2, -0.15) is 0 Å². The summed E-state index contributed by atoms with van der Waals surface area (Å²) in [6.45, 7) is 1.93. The molecule has 0 aliphatic rings. The van der Waals surface area contributed by atoms with Crippen LogP contribution >= 0.6 is 27.5 Å². The number of phenolic OH excluding ortho intramolecular Hbond substituents is 1. The number of halogens is 2. The van der Waals surface area contributed by atoms with Crippen LogP contribution in [-0.4, -0.2) is 10.1 Å². The van der Waals surface area contributed by atoms with E-state index in [-0.39, 0.29) is 5.75 Å². The summed E-state index contributed by atoms with van der Waals surface area (Å²) in [6.07, 6.45) is 0. The first-order valence-corrected chi connectivity index (χ1v) is 5.21. The SMILES string of the molecule is Cc1cc(Cl)nc2ccc(O)c(Br)c12. The first-order chi connectivity index (χ1) is 6.59. The Morgan fingerprint density at radius 3 is 2.86 bits per heavy atom. The number of aromatic hydroxyl groups is 1. The zero-order valence-corrected chi connectivity index (χ0v) is 9.72. The van der Waals surface area contributed by atoms with E-state index in [1.165, 1.54) is 0 Å². The first-order valence-electron chi connectivity index (χ1n) is 4.04. The highest BCUT2D eigenvalue weighted by molar-refractivity contribution is 9.10. The van der Waals surface area contributed by atoms with Crippen molar-refractivity contribution < 1.29 is 5.11 Å². The minimum Gasteiger partial charge on any atom is -0.507 e. The Morgan fingerprint density at radius 2 is 2.14 bits per heavy atom. The number of hydrogen-bond acceptors (Lipinski definition) is 2. The molecule has 0 bridgehead atoms. The van der Waals surface area contributed by atoms with Crippen LogP contribution in [0.4, 0.5) is 0 Å². The molecule has 0 unspecified atom stereocenters. The van der Waals surface area contributed by atoms with E-state index in [1.807, 2.05) is 6.92 Å². The van der Waals surface area contributed by atoms with Crippen molar-refractivity contribution in [2.45, 2.75) is 6.92 Å². The molecule has 72 valence electrons. The van der Waals surface area contributed by atoms with Gasteiger partial charge in [0.2, 0.25) is 0 Å². The van der Waals surface area contributed by atoms with Crippen LogP contribution < -0.4 is 0 Å². The normalized spacial score (nSPS) is 10.8. The van der Waals surface area contributed by atoms with Crippen molar-refractivity contribution in [2.24, 2.45) is 0 Å². The van der Waals surface area contributed by atoms with Gasteiger partial charge in [0.25, 0.3) is 0 Å². The Hall–Kier alpha value is -0.800. The van der Waals surface area contributed by atoms with Crippen LogP contribution in [0.1, 0.15) is 5.56 Å². The molecular formula is C10H7BrClNO. The average molecular weight is 273 g/mol. The van der Waals surface area contributed by atoms with E-state index in [4.69, 9.17) is 11.6 Å². The maximum absolute atomic E-state index is 9.50. The molecule has 14 heavy (non-hydrogen) atoms. The maximum atomic E-state index is 9.50. The predicted molar refractivity (Wildman–Crippen MR) is 60.9 cm³/mol. The lowest BCUT2D eigenvalue weighted by Gasteiger charge is -2.06. The maximum Gasteiger partial charge on any atom is 0.130 e. The van der Waals surface area contributed by atoms with E-state index in [1.54, 1.807) is 18.2 Å². The highest BCUT2D eigenvalue weighted by Gasteiger charge is 2.08. The molecule has 1 aromatic carbocycles. The van der Waals surface area contributed by atoms with Gasteiger partial charge in [-0.05, 0) is 46.6 Å². The van der Waals surface area contributed by atoms with Crippen molar-refractivity contribution in [1.82, 2.24) is 4.98 Å². The molecule has 1 aromatic heterocycles. The molecule has 0 spiro atoms. The minimum absolute atomic E-state index is 0.213. The Bertz CT molecular complexity index is 513. The summed E-state index contributed by atoms with van der Waals surface area (Å²) < 4.78 is 0.664. The van der Waals surface area contributed by atoms with Crippen LogP contribution in [0.5, 0.6) is 5.75 Å². The molecule has 4 heteroatoms. The van der Waals surface area contributed by atoms with Gasteiger partial charge in [-0.3, -0.25) is 0 Å². The molecule has 2 nitrogen and oxygen atoms in total. The summed E-state index contributed by atoms with van der Waals surface area (Å²) in [6, 6.07) is 5.11. The zero-order valence-electron chi connectivity index (χ0n) is 7.38. The average Bonchev–Trinajstić information content (AvgIpc) is 2.10. The second-order valence-corrected chi connectivity index (χ2v) is 4.23. The van der Waals surface area contributed by atoms with Crippen molar-refractivity contribution in [2.75, 3.05) is 0 Å². The predicted octanol–water partition coefficient (Wildman–Crippen LogP) is 3.66. The lowest BCUT2D eigenvalue weighted by molar-refractivity contribution is 0.473. The number of aryl methyl sites for hydroxylation is 1. The summed E-state index contributed by atoms with van der Waals surface area (Å²) in [7, 11) is 0. The molecule has 0 aliphatic carbocycles. The van der Waals surface area contributed by atoms with Gasteiger partial charge in [-0.1, -0.05) is 11.6 Å². The largest absolute Gasteiger partial charge is 0.507 e. The second-order valence-electron chi connectivity index (χ2n) is 3.05. The van der Waals surface area contributed by atoms with Crippen LogP contribution in [0.2, 0.25) is 5.15 Å². The van der Waals surface area contributed by atoms with Crippen molar-refractivity contribution in [1.29, 1.82) is 0 Å². The van der Waals surface area contributed by atoms with Gasteiger partial charge in [0.05, 0.1) is 9.99 Å². The first kappa shape index (κ1) is 9.74. The monoisotopic (exact) mass is 271 g/mol. The van der Waals surface area contributed by atoms with Crippen LogP contribution in [-0.2, 0) is 0 Å². The zero-order chi connectivity index (χ0) is 10.3. The molecule has 0 saturated heterocycles. The quantitative estimate of drug-likeness (QED) is 0.742. The molecule has 1 N–H and O–H groups in total. The van der Waals surface area contributed by atoms with Crippen molar-refractivity contribution in [3.8, 4) is 5.75 Å². The van der Waals surface area contributed by atoms with E-state index >= 15 is 0 Å². The lowest BCUT2D eigenvalue weighted by atomic mass is 10.1. The van der Waals surface area contributed by atoms with E-state index in [9.17, 15) is 5.11 Å².